The van der Waals surface area contributed by atoms with E-state index in [1.165, 1.54) is 30.3 Å². The van der Waals surface area contributed by atoms with Gasteiger partial charge in [0.15, 0.2) is 0 Å². The van der Waals surface area contributed by atoms with Gasteiger partial charge in [0.1, 0.15) is 5.75 Å². The minimum absolute atomic E-state index is 0.0427. The predicted octanol–water partition coefficient (Wildman–Crippen LogP) is 2.77. The average Bonchev–Trinajstić information content (AvgIpc) is 2.47. The summed E-state index contributed by atoms with van der Waals surface area (Å²) in [4.78, 5) is 23.6. The Morgan fingerprint density at radius 2 is 1.43 bits per heavy atom. The maximum Gasteiger partial charge on any atom is 0.273 e. The number of amides is 2. The zero-order valence-electron chi connectivity index (χ0n) is 10.6. The van der Waals surface area contributed by atoms with Crippen molar-refractivity contribution in [3.05, 3.63) is 63.6 Å². The first-order valence-electron chi connectivity index (χ1n) is 5.82. The number of hydrazine groups is 1. The molecule has 0 aliphatic carbocycles. The first-order chi connectivity index (χ1) is 9.97. The van der Waals surface area contributed by atoms with E-state index in [9.17, 15) is 14.7 Å². The van der Waals surface area contributed by atoms with Crippen LogP contribution < -0.4 is 10.9 Å². The van der Waals surface area contributed by atoms with E-state index in [-0.39, 0.29) is 11.3 Å². The van der Waals surface area contributed by atoms with E-state index in [0.29, 0.717) is 15.6 Å². The number of carbonyl (C=O) groups is 2. The standard InChI is InChI=1S/C14H10Cl2N2O3/c15-9-3-1-8(2-4-9)13(20)17-18-14(21)11-7-10(16)5-6-12(11)19/h1-7,19H,(H,17,20)(H,18,21). The van der Waals surface area contributed by atoms with Gasteiger partial charge in [0.05, 0.1) is 5.56 Å². The van der Waals surface area contributed by atoms with E-state index in [0.717, 1.165) is 0 Å². The Kier molecular flexibility index (Phi) is 4.67. The molecule has 0 aliphatic heterocycles. The number of hydrogen-bond acceptors (Lipinski definition) is 3. The number of hydrogen-bond donors (Lipinski definition) is 3. The van der Waals surface area contributed by atoms with Crippen LogP contribution in [0.4, 0.5) is 0 Å². The van der Waals surface area contributed by atoms with Crippen molar-refractivity contribution in [3.8, 4) is 5.75 Å². The van der Waals surface area contributed by atoms with Crippen molar-refractivity contribution < 1.29 is 14.7 Å². The molecule has 0 bridgehead atoms. The third kappa shape index (κ3) is 3.87. The van der Waals surface area contributed by atoms with Crippen LogP contribution in [0, 0.1) is 0 Å². The molecule has 2 aromatic carbocycles. The van der Waals surface area contributed by atoms with Crippen molar-refractivity contribution in [1.29, 1.82) is 0 Å². The summed E-state index contributed by atoms with van der Waals surface area (Å²) >= 11 is 11.5. The van der Waals surface area contributed by atoms with Crippen LogP contribution >= 0.6 is 23.2 Å². The maximum absolute atomic E-state index is 11.8. The van der Waals surface area contributed by atoms with Gasteiger partial charge in [0, 0.05) is 15.6 Å². The monoisotopic (exact) mass is 324 g/mol. The number of phenols is 1. The summed E-state index contributed by atoms with van der Waals surface area (Å²) in [5.74, 6) is -1.43. The second-order valence-corrected chi connectivity index (χ2v) is 4.95. The van der Waals surface area contributed by atoms with Gasteiger partial charge >= 0.3 is 0 Å². The molecule has 108 valence electrons. The van der Waals surface area contributed by atoms with Gasteiger partial charge < -0.3 is 5.11 Å². The van der Waals surface area contributed by atoms with Gasteiger partial charge in [-0.05, 0) is 42.5 Å². The highest BCUT2D eigenvalue weighted by molar-refractivity contribution is 6.31. The normalized spacial score (nSPS) is 10.0. The first kappa shape index (κ1) is 15.2. The van der Waals surface area contributed by atoms with E-state index in [2.05, 4.69) is 10.9 Å². The van der Waals surface area contributed by atoms with E-state index in [1.807, 2.05) is 0 Å². The van der Waals surface area contributed by atoms with Gasteiger partial charge in [-0.1, -0.05) is 23.2 Å². The van der Waals surface area contributed by atoms with Gasteiger partial charge in [-0.3, -0.25) is 20.4 Å². The molecular formula is C14H10Cl2N2O3. The summed E-state index contributed by atoms with van der Waals surface area (Å²) in [7, 11) is 0. The summed E-state index contributed by atoms with van der Waals surface area (Å²) < 4.78 is 0. The molecule has 2 aromatic rings. The lowest BCUT2D eigenvalue weighted by molar-refractivity contribution is 0.0845. The Labute approximate surface area is 130 Å². The molecule has 0 unspecified atom stereocenters. The number of halogens is 2. The molecule has 0 radical (unpaired) electrons. The van der Waals surface area contributed by atoms with Crippen LogP contribution in [0.15, 0.2) is 42.5 Å². The summed E-state index contributed by atoms with van der Waals surface area (Å²) in [6, 6.07) is 10.2. The van der Waals surface area contributed by atoms with Crippen molar-refractivity contribution in [2.75, 3.05) is 0 Å². The molecule has 5 nitrogen and oxygen atoms in total. The number of benzene rings is 2. The molecule has 0 aliphatic rings. The fraction of sp³-hybridized carbons (Fsp3) is 0. The number of aromatic hydroxyl groups is 1. The molecule has 0 spiro atoms. The third-order valence-electron chi connectivity index (χ3n) is 2.60. The Balaban J connectivity index is 2.02. The van der Waals surface area contributed by atoms with E-state index >= 15 is 0 Å². The molecule has 0 heterocycles. The van der Waals surface area contributed by atoms with Gasteiger partial charge in [-0.2, -0.15) is 0 Å². The van der Waals surface area contributed by atoms with Crippen molar-refractivity contribution in [3.63, 3.8) is 0 Å². The summed E-state index contributed by atoms with van der Waals surface area (Å²) in [6.45, 7) is 0. The van der Waals surface area contributed by atoms with Gasteiger partial charge in [-0.15, -0.1) is 0 Å². The highest BCUT2D eigenvalue weighted by atomic mass is 35.5. The lowest BCUT2D eigenvalue weighted by Crippen LogP contribution is -2.41. The second kappa shape index (κ2) is 6.47. The Hall–Kier alpha value is -2.24. The Morgan fingerprint density at radius 3 is 2.10 bits per heavy atom. The van der Waals surface area contributed by atoms with Crippen molar-refractivity contribution >= 4 is 35.0 Å². The number of nitrogens with one attached hydrogen (secondary N) is 2. The van der Waals surface area contributed by atoms with Crippen LogP contribution in [0.5, 0.6) is 5.75 Å². The lowest BCUT2D eigenvalue weighted by atomic mass is 10.2. The highest BCUT2D eigenvalue weighted by Gasteiger charge is 2.13. The van der Waals surface area contributed by atoms with Crippen LogP contribution in [0.1, 0.15) is 20.7 Å². The fourth-order valence-corrected chi connectivity index (χ4v) is 1.84. The average molecular weight is 325 g/mol. The first-order valence-corrected chi connectivity index (χ1v) is 6.58. The maximum atomic E-state index is 11.8. The van der Waals surface area contributed by atoms with Crippen molar-refractivity contribution in [2.45, 2.75) is 0 Å². The van der Waals surface area contributed by atoms with Crippen LogP contribution in [-0.4, -0.2) is 16.9 Å². The molecule has 0 atom stereocenters. The molecule has 3 N–H and O–H groups in total. The van der Waals surface area contributed by atoms with Gasteiger partial charge in [0.2, 0.25) is 0 Å². The molecular weight excluding hydrogens is 315 g/mol. The van der Waals surface area contributed by atoms with E-state index < -0.39 is 11.8 Å². The molecule has 2 rings (SSSR count). The summed E-state index contributed by atoms with van der Waals surface area (Å²) in [5, 5.41) is 10.4. The molecule has 2 amide bonds. The predicted molar refractivity (Wildman–Crippen MR) is 79.5 cm³/mol. The molecule has 0 fully saturated rings. The molecule has 0 aromatic heterocycles. The third-order valence-corrected chi connectivity index (χ3v) is 3.09. The van der Waals surface area contributed by atoms with Crippen LogP contribution in [-0.2, 0) is 0 Å². The van der Waals surface area contributed by atoms with Crippen LogP contribution in [0.2, 0.25) is 10.0 Å². The fourth-order valence-electron chi connectivity index (χ4n) is 1.54. The quantitative estimate of drug-likeness (QED) is 0.743. The van der Waals surface area contributed by atoms with Crippen molar-refractivity contribution in [1.82, 2.24) is 10.9 Å². The lowest BCUT2D eigenvalue weighted by Gasteiger charge is -2.09. The molecule has 0 saturated carbocycles. The number of phenolic OH excluding ortho intramolecular Hbond substituents is 1. The summed E-state index contributed by atoms with van der Waals surface area (Å²) in [5.41, 5.74) is 4.70. The minimum atomic E-state index is -0.683. The topological polar surface area (TPSA) is 78.4 Å². The Bertz CT molecular complexity index is 687. The molecule has 21 heavy (non-hydrogen) atoms. The zero-order valence-corrected chi connectivity index (χ0v) is 12.1. The van der Waals surface area contributed by atoms with Gasteiger partial charge in [-0.25, -0.2) is 0 Å². The highest BCUT2D eigenvalue weighted by Crippen LogP contribution is 2.21. The Morgan fingerprint density at radius 1 is 0.857 bits per heavy atom. The van der Waals surface area contributed by atoms with Gasteiger partial charge in [0.25, 0.3) is 11.8 Å². The number of rotatable bonds is 2. The van der Waals surface area contributed by atoms with Crippen LogP contribution in [0.3, 0.4) is 0 Å². The summed E-state index contributed by atoms with van der Waals surface area (Å²) in [6.07, 6.45) is 0. The molecule has 0 saturated heterocycles. The van der Waals surface area contributed by atoms with Crippen LogP contribution in [0.25, 0.3) is 0 Å². The SMILES string of the molecule is O=C(NNC(=O)c1cc(Cl)ccc1O)c1ccc(Cl)cc1. The number of carbonyl (C=O) groups excluding carboxylic acids is 2. The van der Waals surface area contributed by atoms with Crippen molar-refractivity contribution in [2.24, 2.45) is 0 Å². The van der Waals surface area contributed by atoms with E-state index in [4.69, 9.17) is 23.2 Å². The minimum Gasteiger partial charge on any atom is -0.507 e. The van der Waals surface area contributed by atoms with E-state index in [1.54, 1.807) is 12.1 Å². The largest absolute Gasteiger partial charge is 0.507 e. The smallest absolute Gasteiger partial charge is 0.273 e. The second-order valence-electron chi connectivity index (χ2n) is 4.08. The molecule has 7 heteroatoms. The zero-order chi connectivity index (χ0) is 15.4.